The molecule has 1 fully saturated rings. The smallest absolute Gasteiger partial charge is 0.354 e. The van der Waals surface area contributed by atoms with Crippen molar-refractivity contribution in [1.29, 1.82) is 0 Å². The molecule has 1 saturated carbocycles. The SMILES string of the molecule is O=C(CNc1nc2cc(C(F)(F)F)ccc2s1)NCC1CC1. The first-order valence-electron chi connectivity index (χ1n) is 6.90. The molecular weight excluding hydrogens is 315 g/mol. The summed E-state index contributed by atoms with van der Waals surface area (Å²) in [5, 5.41) is 6.10. The number of hydrogen-bond donors (Lipinski definition) is 2. The molecule has 1 aliphatic carbocycles. The van der Waals surface area contributed by atoms with Gasteiger partial charge in [0.15, 0.2) is 5.13 Å². The summed E-state index contributed by atoms with van der Waals surface area (Å²) in [7, 11) is 0. The molecule has 1 heterocycles. The lowest BCUT2D eigenvalue weighted by Gasteiger charge is -2.05. The minimum Gasteiger partial charge on any atom is -0.354 e. The van der Waals surface area contributed by atoms with Gasteiger partial charge in [-0.3, -0.25) is 4.79 Å². The van der Waals surface area contributed by atoms with Gasteiger partial charge in [0, 0.05) is 6.54 Å². The Bertz CT molecular complexity index is 694. The molecule has 0 radical (unpaired) electrons. The van der Waals surface area contributed by atoms with Crippen LogP contribution in [0.3, 0.4) is 0 Å². The molecule has 1 aliphatic rings. The third-order valence-electron chi connectivity index (χ3n) is 3.40. The highest BCUT2D eigenvalue weighted by Crippen LogP contribution is 2.33. The molecule has 4 nitrogen and oxygen atoms in total. The van der Waals surface area contributed by atoms with E-state index in [2.05, 4.69) is 15.6 Å². The maximum absolute atomic E-state index is 12.6. The van der Waals surface area contributed by atoms with Crippen LogP contribution in [-0.4, -0.2) is 24.0 Å². The van der Waals surface area contributed by atoms with Crippen LogP contribution in [-0.2, 0) is 11.0 Å². The van der Waals surface area contributed by atoms with E-state index < -0.39 is 11.7 Å². The van der Waals surface area contributed by atoms with Gasteiger partial charge < -0.3 is 10.6 Å². The van der Waals surface area contributed by atoms with E-state index >= 15 is 0 Å². The molecule has 0 unspecified atom stereocenters. The van der Waals surface area contributed by atoms with Gasteiger partial charge in [0.1, 0.15) is 0 Å². The van der Waals surface area contributed by atoms with E-state index in [9.17, 15) is 18.0 Å². The summed E-state index contributed by atoms with van der Waals surface area (Å²) in [6.45, 7) is 0.758. The predicted molar refractivity (Wildman–Crippen MR) is 78.8 cm³/mol. The van der Waals surface area contributed by atoms with E-state index in [4.69, 9.17) is 0 Å². The van der Waals surface area contributed by atoms with Gasteiger partial charge in [-0.05, 0) is 37.0 Å². The number of hydrogen-bond acceptors (Lipinski definition) is 4. The molecular formula is C14H14F3N3OS. The first-order chi connectivity index (χ1) is 10.4. The van der Waals surface area contributed by atoms with Crippen LogP contribution in [0, 0.1) is 5.92 Å². The summed E-state index contributed by atoms with van der Waals surface area (Å²) in [4.78, 5) is 15.7. The number of halogens is 3. The van der Waals surface area contributed by atoms with Crippen LogP contribution in [0.25, 0.3) is 10.2 Å². The number of benzene rings is 1. The topological polar surface area (TPSA) is 54.0 Å². The zero-order valence-electron chi connectivity index (χ0n) is 11.5. The van der Waals surface area contributed by atoms with E-state index in [0.29, 0.717) is 22.3 Å². The van der Waals surface area contributed by atoms with Crippen LogP contribution >= 0.6 is 11.3 Å². The minimum absolute atomic E-state index is 0.0681. The van der Waals surface area contributed by atoms with E-state index in [-0.39, 0.29) is 18.0 Å². The number of amides is 1. The van der Waals surface area contributed by atoms with Crippen molar-refractivity contribution in [3.05, 3.63) is 23.8 Å². The zero-order valence-corrected chi connectivity index (χ0v) is 12.4. The van der Waals surface area contributed by atoms with Gasteiger partial charge in [0.05, 0.1) is 22.3 Å². The van der Waals surface area contributed by atoms with Crippen molar-refractivity contribution in [2.24, 2.45) is 5.92 Å². The minimum atomic E-state index is -4.38. The summed E-state index contributed by atoms with van der Waals surface area (Å²) in [6, 6.07) is 3.45. The number of nitrogens with zero attached hydrogens (tertiary/aromatic N) is 1. The summed E-state index contributed by atoms with van der Waals surface area (Å²) < 4.78 is 38.6. The molecule has 1 aromatic heterocycles. The Labute approximate surface area is 128 Å². The number of carbonyl (C=O) groups excluding carboxylic acids is 1. The molecule has 0 bridgehead atoms. The summed E-state index contributed by atoms with van der Waals surface area (Å²) in [6.07, 6.45) is -2.06. The highest BCUT2D eigenvalue weighted by molar-refractivity contribution is 7.22. The summed E-state index contributed by atoms with van der Waals surface area (Å²) in [5.74, 6) is 0.467. The van der Waals surface area contributed by atoms with E-state index in [1.165, 1.54) is 17.4 Å². The molecule has 3 rings (SSSR count). The highest BCUT2D eigenvalue weighted by atomic mass is 32.1. The molecule has 2 aromatic rings. The lowest BCUT2D eigenvalue weighted by molar-refractivity contribution is -0.137. The third-order valence-corrected chi connectivity index (χ3v) is 4.39. The molecule has 0 saturated heterocycles. The number of nitrogens with one attached hydrogen (secondary N) is 2. The Morgan fingerprint density at radius 3 is 2.82 bits per heavy atom. The van der Waals surface area contributed by atoms with Gasteiger partial charge in [0.2, 0.25) is 5.91 Å². The van der Waals surface area contributed by atoms with E-state index in [1.807, 2.05) is 0 Å². The molecule has 22 heavy (non-hydrogen) atoms. The number of anilines is 1. The fourth-order valence-corrected chi connectivity index (χ4v) is 2.82. The van der Waals surface area contributed by atoms with Crippen molar-refractivity contribution in [2.45, 2.75) is 19.0 Å². The Morgan fingerprint density at radius 2 is 2.14 bits per heavy atom. The van der Waals surface area contributed by atoms with Crippen molar-refractivity contribution in [2.75, 3.05) is 18.4 Å². The van der Waals surface area contributed by atoms with Crippen molar-refractivity contribution < 1.29 is 18.0 Å². The number of thiazole rings is 1. The molecule has 0 spiro atoms. The number of rotatable bonds is 5. The van der Waals surface area contributed by atoms with Gasteiger partial charge in [-0.2, -0.15) is 13.2 Å². The summed E-state index contributed by atoms with van der Waals surface area (Å²) >= 11 is 1.23. The normalized spacial score (nSPS) is 15.0. The lowest BCUT2D eigenvalue weighted by atomic mass is 10.2. The standard InChI is InChI=1S/C14H14F3N3OS/c15-14(16,17)9-3-4-11-10(5-9)20-13(22-11)19-7-12(21)18-6-8-1-2-8/h3-5,8H,1-2,6-7H2,(H,18,21)(H,19,20). The Hall–Kier alpha value is -1.83. The molecule has 1 aromatic carbocycles. The quantitative estimate of drug-likeness (QED) is 0.885. The Kier molecular flexibility index (Phi) is 3.94. The zero-order chi connectivity index (χ0) is 15.7. The van der Waals surface area contributed by atoms with Crippen LogP contribution in [0.1, 0.15) is 18.4 Å². The maximum Gasteiger partial charge on any atom is 0.416 e. The van der Waals surface area contributed by atoms with E-state index in [1.54, 1.807) is 0 Å². The van der Waals surface area contributed by atoms with Crippen LogP contribution in [0.2, 0.25) is 0 Å². The second-order valence-corrected chi connectivity index (χ2v) is 6.33. The van der Waals surface area contributed by atoms with Crippen molar-refractivity contribution >= 4 is 32.6 Å². The predicted octanol–water partition coefficient (Wildman–Crippen LogP) is 3.25. The monoisotopic (exact) mass is 329 g/mol. The molecule has 0 atom stereocenters. The van der Waals surface area contributed by atoms with Crippen LogP contribution < -0.4 is 10.6 Å². The number of fused-ring (bicyclic) bond motifs is 1. The van der Waals surface area contributed by atoms with Gasteiger partial charge in [-0.25, -0.2) is 4.98 Å². The van der Waals surface area contributed by atoms with Gasteiger partial charge in [0.25, 0.3) is 0 Å². The van der Waals surface area contributed by atoms with Crippen LogP contribution in [0.4, 0.5) is 18.3 Å². The Balaban J connectivity index is 1.62. The van der Waals surface area contributed by atoms with Crippen molar-refractivity contribution in [3.8, 4) is 0 Å². The lowest BCUT2D eigenvalue weighted by Crippen LogP contribution is -2.31. The first kappa shape index (κ1) is 15.1. The molecule has 118 valence electrons. The van der Waals surface area contributed by atoms with Crippen molar-refractivity contribution in [1.82, 2.24) is 10.3 Å². The van der Waals surface area contributed by atoms with Gasteiger partial charge in [-0.15, -0.1) is 0 Å². The van der Waals surface area contributed by atoms with E-state index in [0.717, 1.165) is 25.0 Å². The number of alkyl halides is 3. The summed E-state index contributed by atoms with van der Waals surface area (Å²) in [5.41, 5.74) is -0.445. The maximum atomic E-state index is 12.6. The average Bonchev–Trinajstić information content (AvgIpc) is 3.19. The van der Waals surface area contributed by atoms with Crippen LogP contribution in [0.5, 0.6) is 0 Å². The van der Waals surface area contributed by atoms with Gasteiger partial charge in [-0.1, -0.05) is 11.3 Å². The largest absolute Gasteiger partial charge is 0.416 e. The number of aromatic nitrogens is 1. The molecule has 8 heteroatoms. The average molecular weight is 329 g/mol. The molecule has 0 aliphatic heterocycles. The van der Waals surface area contributed by atoms with Crippen molar-refractivity contribution in [3.63, 3.8) is 0 Å². The fraction of sp³-hybridized carbons (Fsp3) is 0.429. The van der Waals surface area contributed by atoms with Gasteiger partial charge >= 0.3 is 6.18 Å². The number of carbonyl (C=O) groups is 1. The fourth-order valence-electron chi connectivity index (χ4n) is 1.98. The first-order valence-corrected chi connectivity index (χ1v) is 7.72. The molecule has 1 amide bonds. The second-order valence-electron chi connectivity index (χ2n) is 5.30. The Morgan fingerprint density at radius 1 is 1.36 bits per heavy atom. The molecule has 2 N–H and O–H groups in total. The third kappa shape index (κ3) is 3.68. The highest BCUT2D eigenvalue weighted by Gasteiger charge is 2.30. The van der Waals surface area contributed by atoms with Crippen LogP contribution in [0.15, 0.2) is 18.2 Å². The second kappa shape index (κ2) is 5.75.